The molecule has 0 aliphatic rings. The molecule has 0 aromatic heterocycles. The molecule has 0 fully saturated rings. The minimum Gasteiger partial charge on any atom is -0.394 e. The van der Waals surface area contributed by atoms with Gasteiger partial charge in [-0.05, 0) is 5.56 Å². The maximum atomic E-state index is 7.62. The van der Waals surface area contributed by atoms with Gasteiger partial charge in [0.15, 0.2) is 0 Å². The Balaban J connectivity index is 0.000000310. The highest BCUT2D eigenvalue weighted by Crippen LogP contribution is 1.98. The van der Waals surface area contributed by atoms with E-state index < -0.39 is 0 Å². The molecule has 1 rings (SSSR count). The Kier molecular flexibility index (Phi) is 8.55. The highest BCUT2D eigenvalue weighted by Gasteiger charge is 1.84. The summed E-state index contributed by atoms with van der Waals surface area (Å²) in [5.41, 5.74) is 1.22. The van der Waals surface area contributed by atoms with Crippen LogP contribution in [0.5, 0.6) is 0 Å². The van der Waals surface area contributed by atoms with Crippen LogP contribution in [-0.2, 0) is 11.3 Å². The monoisotopic (exact) mass is 184 g/mol. The van der Waals surface area contributed by atoms with Gasteiger partial charge in [0.2, 0.25) is 0 Å². The molecule has 0 unspecified atom stereocenters. The molecule has 0 aliphatic heterocycles. The average Bonchev–Trinajstić information content (AvgIpc) is 2.20. The van der Waals surface area contributed by atoms with Crippen molar-refractivity contribution in [1.82, 2.24) is 0 Å². The zero-order chi connectivity index (χ0) is 9.94. The minimum atomic E-state index is -0.125. The Morgan fingerprint density at radius 3 is 2.00 bits per heavy atom. The van der Waals surface area contributed by atoms with E-state index >= 15 is 0 Å². The molecule has 0 amide bonds. The second kappa shape index (κ2) is 9.19. The fourth-order valence-corrected chi connectivity index (χ4v) is 0.741. The van der Waals surface area contributed by atoms with Crippen LogP contribution in [0.15, 0.2) is 30.3 Å². The zero-order valence-electron chi connectivity index (χ0n) is 7.81. The van der Waals surface area contributed by atoms with Gasteiger partial charge in [0.1, 0.15) is 0 Å². The summed E-state index contributed by atoms with van der Waals surface area (Å²) in [4.78, 5) is 0. The van der Waals surface area contributed by atoms with Crippen molar-refractivity contribution >= 4 is 0 Å². The molecule has 0 saturated carbocycles. The molecule has 13 heavy (non-hydrogen) atoms. The van der Waals surface area contributed by atoms with Crippen molar-refractivity contribution in [2.24, 2.45) is 0 Å². The predicted molar refractivity (Wildman–Crippen MR) is 51.3 cm³/mol. The molecule has 1 aromatic rings. The fourth-order valence-electron chi connectivity index (χ4n) is 0.741. The van der Waals surface area contributed by atoms with Gasteiger partial charge in [-0.1, -0.05) is 30.3 Å². The van der Waals surface area contributed by atoms with Crippen LogP contribution in [0, 0.1) is 0 Å². The van der Waals surface area contributed by atoms with Gasteiger partial charge in [0.05, 0.1) is 19.8 Å². The number of benzene rings is 1. The number of aliphatic hydroxyl groups excluding tert-OH is 2. The highest BCUT2D eigenvalue weighted by atomic mass is 16.5. The second-order valence-corrected chi connectivity index (χ2v) is 2.37. The summed E-state index contributed by atoms with van der Waals surface area (Å²) in [6.07, 6.45) is 0. The standard InChI is InChI=1S/C8H10O.C2H6O2/c1-9-7-8-5-3-2-4-6-8;3-1-2-4/h2-6H,7H2,1H3;3-4H,1-2H2. The van der Waals surface area contributed by atoms with Crippen LogP contribution in [-0.4, -0.2) is 30.5 Å². The van der Waals surface area contributed by atoms with Gasteiger partial charge in [-0.15, -0.1) is 0 Å². The molecule has 3 nitrogen and oxygen atoms in total. The smallest absolute Gasteiger partial charge is 0.0713 e. The van der Waals surface area contributed by atoms with E-state index in [-0.39, 0.29) is 13.2 Å². The first-order valence-corrected chi connectivity index (χ1v) is 4.09. The predicted octanol–water partition coefficient (Wildman–Crippen LogP) is 0.804. The Morgan fingerprint density at radius 2 is 1.62 bits per heavy atom. The van der Waals surface area contributed by atoms with Crippen LogP contribution in [0.25, 0.3) is 0 Å². The summed E-state index contributed by atoms with van der Waals surface area (Å²) in [6.45, 7) is 0.459. The van der Waals surface area contributed by atoms with Gasteiger partial charge >= 0.3 is 0 Å². The Morgan fingerprint density at radius 1 is 1.08 bits per heavy atom. The second-order valence-electron chi connectivity index (χ2n) is 2.37. The maximum absolute atomic E-state index is 7.62. The van der Waals surface area contributed by atoms with Gasteiger partial charge in [-0.3, -0.25) is 0 Å². The van der Waals surface area contributed by atoms with E-state index in [0.717, 1.165) is 0 Å². The van der Waals surface area contributed by atoms with Crippen LogP contribution in [0.2, 0.25) is 0 Å². The number of rotatable bonds is 3. The van der Waals surface area contributed by atoms with Crippen molar-refractivity contribution in [2.75, 3.05) is 20.3 Å². The van der Waals surface area contributed by atoms with E-state index in [9.17, 15) is 0 Å². The summed E-state index contributed by atoms with van der Waals surface area (Å²) >= 11 is 0. The van der Waals surface area contributed by atoms with E-state index in [1.54, 1.807) is 7.11 Å². The van der Waals surface area contributed by atoms with Gasteiger partial charge < -0.3 is 14.9 Å². The lowest BCUT2D eigenvalue weighted by Crippen LogP contribution is -1.85. The SMILES string of the molecule is COCc1ccccc1.OCCO. The van der Waals surface area contributed by atoms with Crippen LogP contribution in [0.3, 0.4) is 0 Å². The van der Waals surface area contributed by atoms with Gasteiger partial charge in [-0.25, -0.2) is 0 Å². The Labute approximate surface area is 78.6 Å². The lowest BCUT2D eigenvalue weighted by Gasteiger charge is -1.95. The first kappa shape index (κ1) is 12.1. The summed E-state index contributed by atoms with van der Waals surface area (Å²) in [6, 6.07) is 10.1. The quantitative estimate of drug-likeness (QED) is 0.730. The summed E-state index contributed by atoms with van der Waals surface area (Å²) in [5, 5.41) is 15.2. The molecule has 0 spiro atoms. The lowest BCUT2D eigenvalue weighted by molar-refractivity contribution is 0.185. The summed E-state index contributed by atoms with van der Waals surface area (Å²) in [5.74, 6) is 0. The minimum absolute atomic E-state index is 0.125. The molecule has 0 bridgehead atoms. The van der Waals surface area contributed by atoms with Crippen LogP contribution >= 0.6 is 0 Å². The number of hydrogen-bond acceptors (Lipinski definition) is 3. The number of methoxy groups -OCH3 is 1. The average molecular weight is 184 g/mol. The van der Waals surface area contributed by atoms with Crippen molar-refractivity contribution in [3.8, 4) is 0 Å². The molecule has 1 aromatic carbocycles. The van der Waals surface area contributed by atoms with E-state index in [1.807, 2.05) is 30.3 Å². The van der Waals surface area contributed by atoms with Crippen LogP contribution < -0.4 is 0 Å². The molecule has 74 valence electrons. The number of hydrogen-bond donors (Lipinski definition) is 2. The lowest BCUT2D eigenvalue weighted by atomic mass is 10.2. The van der Waals surface area contributed by atoms with E-state index in [1.165, 1.54) is 5.56 Å². The molecule has 0 radical (unpaired) electrons. The maximum Gasteiger partial charge on any atom is 0.0713 e. The normalized spacial score (nSPS) is 8.85. The zero-order valence-corrected chi connectivity index (χ0v) is 7.81. The van der Waals surface area contributed by atoms with Crippen LogP contribution in [0.1, 0.15) is 5.56 Å². The largest absolute Gasteiger partial charge is 0.394 e. The number of aliphatic hydroxyl groups is 2. The molecule has 0 saturated heterocycles. The van der Waals surface area contributed by atoms with Crippen molar-refractivity contribution in [2.45, 2.75) is 6.61 Å². The third kappa shape index (κ3) is 7.46. The molecular weight excluding hydrogens is 168 g/mol. The van der Waals surface area contributed by atoms with E-state index in [0.29, 0.717) is 6.61 Å². The van der Waals surface area contributed by atoms with Gasteiger partial charge in [0, 0.05) is 7.11 Å². The Bertz CT molecular complexity index is 185. The topological polar surface area (TPSA) is 49.7 Å². The van der Waals surface area contributed by atoms with Crippen molar-refractivity contribution in [3.63, 3.8) is 0 Å². The molecule has 2 N–H and O–H groups in total. The Hall–Kier alpha value is -0.900. The highest BCUT2D eigenvalue weighted by molar-refractivity contribution is 5.13. The number of ether oxygens (including phenoxy) is 1. The fraction of sp³-hybridized carbons (Fsp3) is 0.400. The van der Waals surface area contributed by atoms with E-state index in [4.69, 9.17) is 14.9 Å². The third-order valence-corrected chi connectivity index (χ3v) is 1.25. The summed E-state index contributed by atoms with van der Waals surface area (Å²) < 4.78 is 4.93. The van der Waals surface area contributed by atoms with Gasteiger partial charge in [-0.2, -0.15) is 0 Å². The summed E-state index contributed by atoms with van der Waals surface area (Å²) in [7, 11) is 1.70. The van der Waals surface area contributed by atoms with E-state index in [2.05, 4.69) is 0 Å². The molecule has 0 atom stereocenters. The first-order chi connectivity index (χ1) is 6.35. The van der Waals surface area contributed by atoms with Crippen molar-refractivity contribution in [3.05, 3.63) is 35.9 Å². The molecule has 3 heteroatoms. The van der Waals surface area contributed by atoms with Gasteiger partial charge in [0.25, 0.3) is 0 Å². The van der Waals surface area contributed by atoms with Crippen LogP contribution in [0.4, 0.5) is 0 Å². The molecular formula is C10H16O3. The van der Waals surface area contributed by atoms with Crippen molar-refractivity contribution in [1.29, 1.82) is 0 Å². The molecule has 0 heterocycles. The third-order valence-electron chi connectivity index (χ3n) is 1.25. The van der Waals surface area contributed by atoms with Crippen molar-refractivity contribution < 1.29 is 14.9 Å². The first-order valence-electron chi connectivity index (χ1n) is 4.09. The molecule has 0 aliphatic carbocycles.